The molecule has 0 aliphatic heterocycles. The van der Waals surface area contributed by atoms with E-state index in [0.29, 0.717) is 36.0 Å². The highest BCUT2D eigenvalue weighted by molar-refractivity contribution is 6.48. The van der Waals surface area contributed by atoms with Crippen molar-refractivity contribution < 1.29 is 9.53 Å². The summed E-state index contributed by atoms with van der Waals surface area (Å²) in [6.07, 6.45) is 14.5. The van der Waals surface area contributed by atoms with Gasteiger partial charge in [-0.2, -0.15) is 0 Å². The van der Waals surface area contributed by atoms with Crippen molar-refractivity contribution in [1.29, 1.82) is 0 Å². The van der Waals surface area contributed by atoms with Gasteiger partial charge < -0.3 is 4.74 Å². The summed E-state index contributed by atoms with van der Waals surface area (Å²) >= 11 is 0. The number of carbonyl (C=O) groups excluding carboxylic acids is 1. The quantitative estimate of drug-likeness (QED) is 0.134. The predicted octanol–water partition coefficient (Wildman–Crippen LogP) is 9.32. The number of benzene rings is 5. The van der Waals surface area contributed by atoms with Gasteiger partial charge in [-0.1, -0.05) is 54.1 Å². The molecule has 0 saturated heterocycles. The molecule has 9 atom stereocenters. The fourth-order valence-corrected chi connectivity index (χ4v) is 18.2. The Morgan fingerprint density at radius 2 is 1.68 bits per heavy atom. The molecule has 53 heavy (non-hydrogen) atoms. The predicted molar refractivity (Wildman–Crippen MR) is 210 cm³/mol. The summed E-state index contributed by atoms with van der Waals surface area (Å²) in [5, 5.41) is 20.5. The second-order valence-corrected chi connectivity index (χ2v) is 19.8. The molecule has 3 fully saturated rings. The third-order valence-electron chi connectivity index (χ3n) is 18.8. The molecule has 0 aromatic heterocycles. The summed E-state index contributed by atoms with van der Waals surface area (Å²) < 4.78 is 5.25. The molecular weight excluding hydrogens is 645 g/mol. The van der Waals surface area contributed by atoms with Crippen LogP contribution in [-0.4, -0.2) is 13.1 Å². The minimum Gasteiger partial charge on any atom is -0.469 e. The highest BCUT2D eigenvalue weighted by Crippen LogP contribution is 2.87. The Morgan fingerprint density at radius 3 is 2.58 bits per heavy atom. The first kappa shape index (κ1) is 25.4. The Labute approximate surface area is 304 Å². The number of ether oxygens (including phenoxy) is 1. The van der Waals surface area contributed by atoms with Gasteiger partial charge in [-0.05, 0) is 188 Å². The Bertz CT molecular complexity index is 3390. The van der Waals surface area contributed by atoms with Crippen LogP contribution in [0, 0.1) is 23.7 Å². The zero-order valence-corrected chi connectivity index (χ0v) is 29.6. The van der Waals surface area contributed by atoms with E-state index in [-0.39, 0.29) is 16.8 Å². The number of rotatable bonds is 5. The maximum Gasteiger partial charge on any atom is 0.305 e. The van der Waals surface area contributed by atoms with Crippen LogP contribution in [0.5, 0.6) is 0 Å². The van der Waals surface area contributed by atoms with Gasteiger partial charge in [-0.3, -0.25) is 4.79 Å². The SMILES string of the molecule is COC(=O)CCCC1(c2ccccc2)C2c3cc4c5c6c7c8c9c%10c%11c%12c%13c%14c(c%15c3c5c8c%15c%13%10)C21CC%14C=C%12CC1CC2CC(C=C6C4)C7C=9C2C=%111. The fourth-order valence-electron chi connectivity index (χ4n) is 18.2. The summed E-state index contributed by atoms with van der Waals surface area (Å²) in [4.78, 5) is 12.7. The maximum absolute atomic E-state index is 12.7. The van der Waals surface area contributed by atoms with E-state index in [4.69, 9.17) is 4.74 Å². The van der Waals surface area contributed by atoms with Gasteiger partial charge in [0, 0.05) is 40.9 Å². The minimum absolute atomic E-state index is 0.0324. The number of fused-ring (bicyclic) bond motifs is 1. The van der Waals surface area contributed by atoms with E-state index in [2.05, 4.69) is 48.6 Å². The smallest absolute Gasteiger partial charge is 0.305 e. The lowest BCUT2D eigenvalue weighted by atomic mass is 9.61. The standard InChI is InChI=1S/C51H34O2/c1-53-27(52)8-5-9-50(25-6-3-2-4-7-25)49-26-16-23-14-20-12-21-11-18-10-19-13-22-15-24-17-51(49,50)48-34(24)39-33(22)38-29(19)28(18)36-32(21)37-30(20)31(23)40-35(26)47(48)46-44(39)42(38)41(36)43(37)45(40)46/h2-4,6-7,12,15-16,18-19,21,24,28,32,49H,5,8-11,13-14,17H2,1H3. The van der Waals surface area contributed by atoms with Crippen LogP contribution >= 0.6 is 0 Å². The summed E-state index contributed by atoms with van der Waals surface area (Å²) in [5.74, 6) is 4.33. The second-order valence-electron chi connectivity index (χ2n) is 19.8. The lowest BCUT2D eigenvalue weighted by molar-refractivity contribution is -0.140. The molecule has 7 aromatic rings. The highest BCUT2D eigenvalue weighted by atomic mass is 16.5. The van der Waals surface area contributed by atoms with Crippen molar-refractivity contribution >= 4 is 82.1 Å². The Hall–Kier alpha value is -4.69. The number of hydrogen-bond acceptors (Lipinski definition) is 2. The molecule has 3 saturated carbocycles. The van der Waals surface area contributed by atoms with Crippen molar-refractivity contribution in [2.75, 3.05) is 7.11 Å². The van der Waals surface area contributed by atoms with E-state index in [1.54, 1.807) is 121 Å². The van der Waals surface area contributed by atoms with Crippen LogP contribution in [0.15, 0.2) is 48.6 Å². The topological polar surface area (TPSA) is 26.3 Å². The Morgan fingerprint density at radius 1 is 0.811 bits per heavy atom. The molecule has 0 N–H and O–H groups in total. The molecule has 11 aliphatic rings. The molecule has 11 aliphatic carbocycles. The van der Waals surface area contributed by atoms with E-state index in [1.165, 1.54) is 31.2 Å². The van der Waals surface area contributed by atoms with Gasteiger partial charge in [-0.15, -0.1) is 0 Å². The van der Waals surface area contributed by atoms with Crippen molar-refractivity contribution in [3.8, 4) is 0 Å². The molecule has 0 radical (unpaired) electrons. The maximum atomic E-state index is 12.7. The molecule has 2 nitrogen and oxygen atoms in total. The average Bonchev–Trinajstić information content (AvgIpc) is 3.86. The van der Waals surface area contributed by atoms with Gasteiger partial charge in [0.15, 0.2) is 0 Å². The van der Waals surface area contributed by atoms with Crippen molar-refractivity contribution in [2.24, 2.45) is 23.7 Å². The van der Waals surface area contributed by atoms with Gasteiger partial charge in [-0.25, -0.2) is 0 Å². The highest BCUT2D eigenvalue weighted by Gasteiger charge is 2.81. The number of allylic oxidation sites excluding steroid dienone is 4. The van der Waals surface area contributed by atoms with Crippen molar-refractivity contribution in [3.63, 3.8) is 0 Å². The lowest BCUT2D eigenvalue weighted by Gasteiger charge is -2.42. The van der Waals surface area contributed by atoms with E-state index in [9.17, 15) is 4.79 Å². The Kier molecular flexibility index (Phi) is 3.35. The van der Waals surface area contributed by atoms with Crippen LogP contribution in [0.1, 0.15) is 107 Å². The van der Waals surface area contributed by atoms with Crippen LogP contribution < -0.4 is 10.4 Å². The zero-order valence-electron chi connectivity index (χ0n) is 29.6. The molecule has 1 spiro atoms. The van der Waals surface area contributed by atoms with Gasteiger partial charge in [0.25, 0.3) is 0 Å². The minimum atomic E-state index is -0.0703. The summed E-state index contributed by atoms with van der Waals surface area (Å²) in [5.41, 5.74) is 20.7. The first-order chi connectivity index (χ1) is 26.2. The number of esters is 1. The summed E-state index contributed by atoms with van der Waals surface area (Å²) in [7, 11) is 1.55. The van der Waals surface area contributed by atoms with Crippen molar-refractivity contribution in [1.82, 2.24) is 0 Å². The molecule has 18 rings (SSSR count). The fraction of sp³-hybridized carbons (Fsp3) is 0.353. The van der Waals surface area contributed by atoms with Crippen LogP contribution in [0.4, 0.5) is 0 Å². The first-order valence-electron chi connectivity index (χ1n) is 20.9. The van der Waals surface area contributed by atoms with E-state index in [0.717, 1.165) is 31.1 Å². The number of methoxy groups -OCH3 is 1. The molecule has 9 unspecified atom stereocenters. The van der Waals surface area contributed by atoms with Crippen LogP contribution in [0.25, 0.3) is 76.2 Å². The molecule has 250 valence electrons. The normalized spacial score (nSPS) is 36.1. The van der Waals surface area contributed by atoms with Crippen LogP contribution in [0.2, 0.25) is 0 Å². The largest absolute Gasteiger partial charge is 0.469 e. The van der Waals surface area contributed by atoms with Crippen LogP contribution in [-0.2, 0) is 26.8 Å². The van der Waals surface area contributed by atoms with Gasteiger partial charge in [0.05, 0.1) is 7.11 Å². The summed E-state index contributed by atoms with van der Waals surface area (Å²) in [6, 6.07) is 14.5. The van der Waals surface area contributed by atoms with Gasteiger partial charge in [0.2, 0.25) is 0 Å². The average molecular weight is 679 g/mol. The zero-order chi connectivity index (χ0) is 33.5. The molecule has 0 heterocycles. The monoisotopic (exact) mass is 678 g/mol. The third-order valence-corrected chi connectivity index (χ3v) is 18.8. The Balaban J connectivity index is 1.13. The first-order valence-corrected chi connectivity index (χ1v) is 20.9. The van der Waals surface area contributed by atoms with Gasteiger partial charge in [0.1, 0.15) is 0 Å². The molecule has 2 heteroatoms. The number of carbonyl (C=O) groups is 1. The van der Waals surface area contributed by atoms with E-state index < -0.39 is 0 Å². The molecule has 7 aromatic carbocycles. The van der Waals surface area contributed by atoms with E-state index >= 15 is 0 Å². The van der Waals surface area contributed by atoms with Crippen molar-refractivity contribution in [3.05, 3.63) is 103 Å². The van der Waals surface area contributed by atoms with Crippen molar-refractivity contribution in [2.45, 2.75) is 80.0 Å². The molecule has 0 bridgehead atoms. The van der Waals surface area contributed by atoms with Crippen LogP contribution in [0.3, 0.4) is 0 Å². The second kappa shape index (κ2) is 7.01. The lowest BCUT2D eigenvalue weighted by Crippen LogP contribution is -2.37. The van der Waals surface area contributed by atoms with Gasteiger partial charge >= 0.3 is 5.97 Å². The number of hydrogen-bond donors (Lipinski definition) is 0. The third kappa shape index (κ3) is 2.00. The molecule has 0 amide bonds. The summed E-state index contributed by atoms with van der Waals surface area (Å²) in [6.45, 7) is 0. The van der Waals surface area contributed by atoms with E-state index in [1.807, 2.05) is 11.1 Å². The molecular formula is C51H34O2.